The number of hydrogen-bond acceptors (Lipinski definition) is 4. The van der Waals surface area contributed by atoms with Crippen molar-refractivity contribution in [3.8, 4) is 11.5 Å². The van der Waals surface area contributed by atoms with Gasteiger partial charge in [0.15, 0.2) is 12.7 Å². The van der Waals surface area contributed by atoms with Gasteiger partial charge in [0.25, 0.3) is 11.8 Å². The smallest absolute Gasteiger partial charge is 0.265 e. The molecular weight excluding hydrogens is 379 g/mol. The molecule has 0 saturated carbocycles. The van der Waals surface area contributed by atoms with Crippen LogP contribution in [0, 0.1) is 0 Å². The Hall–Kier alpha value is -2.44. The molecule has 0 saturated heterocycles. The van der Waals surface area contributed by atoms with Gasteiger partial charge < -0.3 is 19.7 Å². The van der Waals surface area contributed by atoms with Gasteiger partial charge in [-0.05, 0) is 24.3 Å². The normalized spacial score (nSPS) is 15.7. The van der Waals surface area contributed by atoms with E-state index in [1.54, 1.807) is 36.4 Å². The first kappa shape index (κ1) is 18.4. The minimum Gasteiger partial charge on any atom is -0.482 e. The van der Waals surface area contributed by atoms with Crippen LogP contribution >= 0.6 is 23.2 Å². The summed E-state index contributed by atoms with van der Waals surface area (Å²) in [6.07, 6.45) is -0.798. The lowest BCUT2D eigenvalue weighted by atomic mass is 10.1. The summed E-state index contributed by atoms with van der Waals surface area (Å²) in [5.74, 6) is 0.139. The summed E-state index contributed by atoms with van der Waals surface area (Å²) in [5, 5.41) is 3.34. The molecule has 1 atom stereocenters. The third kappa shape index (κ3) is 3.86. The number of hydrogen-bond donors (Lipinski definition) is 1. The molecule has 136 valence electrons. The Bertz CT molecular complexity index is 844. The summed E-state index contributed by atoms with van der Waals surface area (Å²) in [6.45, 7) is -0.170. The second kappa shape index (κ2) is 7.85. The molecule has 0 aliphatic carbocycles. The van der Waals surface area contributed by atoms with E-state index in [1.807, 2.05) is 0 Å². The number of likely N-dealkylation sites (N-methyl/N-ethyl adjacent to an activating group) is 1. The van der Waals surface area contributed by atoms with Crippen LogP contribution in [0.5, 0.6) is 11.5 Å². The van der Waals surface area contributed by atoms with Crippen LogP contribution in [-0.2, 0) is 9.59 Å². The number of ether oxygens (including phenoxy) is 2. The molecule has 8 heteroatoms. The number of halogens is 2. The summed E-state index contributed by atoms with van der Waals surface area (Å²) in [4.78, 5) is 26.2. The van der Waals surface area contributed by atoms with E-state index >= 15 is 0 Å². The largest absolute Gasteiger partial charge is 0.482 e. The molecule has 2 aromatic rings. The number of fused-ring (bicyclic) bond motifs is 1. The minimum absolute atomic E-state index is 0.0855. The van der Waals surface area contributed by atoms with Gasteiger partial charge in [-0.1, -0.05) is 35.3 Å². The van der Waals surface area contributed by atoms with Gasteiger partial charge in [-0.3, -0.25) is 9.59 Å². The van der Waals surface area contributed by atoms with Crippen molar-refractivity contribution in [2.75, 3.05) is 25.1 Å². The summed E-state index contributed by atoms with van der Waals surface area (Å²) < 4.78 is 11.2. The zero-order valence-corrected chi connectivity index (χ0v) is 15.4. The van der Waals surface area contributed by atoms with Crippen LogP contribution in [0.25, 0.3) is 0 Å². The van der Waals surface area contributed by atoms with Crippen LogP contribution in [0.15, 0.2) is 42.5 Å². The van der Waals surface area contributed by atoms with Crippen LogP contribution in [0.1, 0.15) is 0 Å². The Morgan fingerprint density at radius 1 is 1.27 bits per heavy atom. The Morgan fingerprint density at radius 2 is 2.04 bits per heavy atom. The first-order valence-corrected chi connectivity index (χ1v) is 8.60. The molecule has 0 bridgehead atoms. The number of nitrogens with zero attached hydrogens (tertiary/aromatic N) is 1. The van der Waals surface area contributed by atoms with Crippen molar-refractivity contribution in [3.05, 3.63) is 52.5 Å². The van der Waals surface area contributed by atoms with E-state index in [9.17, 15) is 9.59 Å². The Balaban J connectivity index is 1.79. The van der Waals surface area contributed by atoms with E-state index in [-0.39, 0.29) is 25.0 Å². The maximum absolute atomic E-state index is 12.7. The van der Waals surface area contributed by atoms with Gasteiger partial charge in [-0.25, -0.2) is 0 Å². The number of rotatable bonds is 4. The van der Waals surface area contributed by atoms with Gasteiger partial charge in [-0.2, -0.15) is 0 Å². The van der Waals surface area contributed by atoms with Gasteiger partial charge in [0.2, 0.25) is 0 Å². The molecule has 2 aromatic carbocycles. The van der Waals surface area contributed by atoms with E-state index in [1.165, 1.54) is 18.0 Å². The number of nitrogens with one attached hydrogen (secondary N) is 1. The maximum Gasteiger partial charge on any atom is 0.265 e. The van der Waals surface area contributed by atoms with Crippen molar-refractivity contribution >= 4 is 40.7 Å². The van der Waals surface area contributed by atoms with E-state index in [4.69, 9.17) is 32.7 Å². The van der Waals surface area contributed by atoms with E-state index < -0.39 is 6.10 Å². The topological polar surface area (TPSA) is 67.9 Å². The van der Waals surface area contributed by atoms with E-state index in [0.717, 1.165) is 0 Å². The Labute approximate surface area is 160 Å². The minimum atomic E-state index is -0.798. The lowest BCUT2D eigenvalue weighted by molar-refractivity contribution is -0.128. The fourth-order valence-corrected chi connectivity index (χ4v) is 2.91. The standard InChI is InChI=1S/C18H16Cl2N2O4/c1-21-18(24)16-9-22(13-4-2-3-5-14(13)26-16)17(23)10-25-15-8-11(19)6-7-12(15)20/h2-8,16H,9-10H2,1H3,(H,21,24). The molecule has 0 aromatic heterocycles. The van der Waals surface area contributed by atoms with Crippen molar-refractivity contribution in [3.63, 3.8) is 0 Å². The number of carbonyl (C=O) groups excluding carboxylic acids is 2. The second-order valence-corrected chi connectivity index (χ2v) is 6.40. The van der Waals surface area contributed by atoms with Crippen LogP contribution in [0.4, 0.5) is 5.69 Å². The molecule has 26 heavy (non-hydrogen) atoms. The van der Waals surface area contributed by atoms with Crippen LogP contribution in [-0.4, -0.2) is 38.1 Å². The lowest BCUT2D eigenvalue weighted by Gasteiger charge is -2.33. The van der Waals surface area contributed by atoms with Crippen molar-refractivity contribution < 1.29 is 19.1 Å². The van der Waals surface area contributed by atoms with Gasteiger partial charge in [0.1, 0.15) is 11.5 Å². The number of para-hydroxylation sites is 2. The maximum atomic E-state index is 12.7. The summed E-state index contributed by atoms with van der Waals surface area (Å²) in [7, 11) is 1.52. The Kier molecular flexibility index (Phi) is 5.54. The van der Waals surface area contributed by atoms with Crippen LogP contribution < -0.4 is 19.7 Å². The third-order valence-corrected chi connectivity index (χ3v) is 4.41. The number of amides is 2. The molecule has 0 fully saturated rings. The molecule has 1 N–H and O–H groups in total. The Morgan fingerprint density at radius 3 is 2.81 bits per heavy atom. The predicted molar refractivity (Wildman–Crippen MR) is 99.2 cm³/mol. The summed E-state index contributed by atoms with van der Waals surface area (Å²) >= 11 is 12.0. The third-order valence-electron chi connectivity index (χ3n) is 3.86. The fraction of sp³-hybridized carbons (Fsp3) is 0.222. The van der Waals surface area contributed by atoms with Gasteiger partial charge in [-0.15, -0.1) is 0 Å². The van der Waals surface area contributed by atoms with Crippen molar-refractivity contribution in [2.24, 2.45) is 0 Å². The number of carbonyl (C=O) groups is 2. The molecule has 6 nitrogen and oxygen atoms in total. The molecule has 1 aliphatic heterocycles. The lowest BCUT2D eigenvalue weighted by Crippen LogP contribution is -2.51. The van der Waals surface area contributed by atoms with Gasteiger partial charge >= 0.3 is 0 Å². The highest BCUT2D eigenvalue weighted by Gasteiger charge is 2.33. The van der Waals surface area contributed by atoms with E-state index in [2.05, 4.69) is 5.32 Å². The molecule has 0 spiro atoms. The van der Waals surface area contributed by atoms with Crippen LogP contribution in [0.3, 0.4) is 0 Å². The quantitative estimate of drug-likeness (QED) is 0.865. The second-order valence-electron chi connectivity index (χ2n) is 5.56. The summed E-state index contributed by atoms with van der Waals surface area (Å²) in [6, 6.07) is 11.8. The van der Waals surface area contributed by atoms with Crippen LogP contribution in [0.2, 0.25) is 10.0 Å². The molecular formula is C18H16Cl2N2O4. The highest BCUT2D eigenvalue weighted by atomic mass is 35.5. The van der Waals surface area contributed by atoms with Crippen molar-refractivity contribution in [1.82, 2.24) is 5.32 Å². The first-order valence-electron chi connectivity index (χ1n) is 7.85. The predicted octanol–water partition coefficient (Wildman–Crippen LogP) is 2.91. The first-order chi connectivity index (χ1) is 12.5. The van der Waals surface area contributed by atoms with Crippen molar-refractivity contribution in [1.29, 1.82) is 0 Å². The SMILES string of the molecule is CNC(=O)C1CN(C(=O)COc2cc(Cl)ccc2Cl)c2ccccc2O1. The molecule has 2 amide bonds. The highest BCUT2D eigenvalue weighted by molar-refractivity contribution is 6.34. The average molecular weight is 395 g/mol. The zero-order chi connectivity index (χ0) is 18.7. The number of benzene rings is 2. The number of anilines is 1. The van der Waals surface area contributed by atoms with Gasteiger partial charge in [0.05, 0.1) is 17.3 Å². The molecule has 1 unspecified atom stereocenters. The molecule has 1 heterocycles. The summed E-state index contributed by atoms with van der Waals surface area (Å²) in [5.41, 5.74) is 0.582. The highest BCUT2D eigenvalue weighted by Crippen LogP contribution is 2.33. The van der Waals surface area contributed by atoms with Crippen molar-refractivity contribution in [2.45, 2.75) is 6.10 Å². The average Bonchev–Trinajstić information content (AvgIpc) is 2.66. The molecule has 1 aliphatic rings. The monoisotopic (exact) mass is 394 g/mol. The molecule has 3 rings (SSSR count). The zero-order valence-electron chi connectivity index (χ0n) is 13.9. The molecule has 0 radical (unpaired) electrons. The van der Waals surface area contributed by atoms with E-state index in [0.29, 0.717) is 27.2 Å². The fourth-order valence-electron chi connectivity index (χ4n) is 2.57. The van der Waals surface area contributed by atoms with Gasteiger partial charge in [0, 0.05) is 18.1 Å².